The summed E-state index contributed by atoms with van der Waals surface area (Å²) in [6, 6.07) is 7.88. The summed E-state index contributed by atoms with van der Waals surface area (Å²) in [6.45, 7) is 5.47. The highest BCUT2D eigenvalue weighted by molar-refractivity contribution is 7.99. The van der Waals surface area contributed by atoms with Gasteiger partial charge in [-0.1, -0.05) is 43.8 Å². The van der Waals surface area contributed by atoms with Gasteiger partial charge in [-0.05, 0) is 17.5 Å². The molecule has 0 aliphatic rings. The molecule has 124 valence electrons. The number of para-hydroxylation sites is 1. The molecular weight excluding hydrogens is 312 g/mol. The predicted octanol–water partition coefficient (Wildman–Crippen LogP) is 2.78. The molecule has 0 saturated carbocycles. The van der Waals surface area contributed by atoms with Crippen molar-refractivity contribution >= 4 is 23.4 Å². The Bertz CT molecular complexity index is 643. The van der Waals surface area contributed by atoms with Crippen molar-refractivity contribution in [3.63, 3.8) is 0 Å². The molecule has 2 aromatic rings. The molecule has 0 radical (unpaired) electrons. The van der Waals surface area contributed by atoms with Gasteiger partial charge in [0.25, 0.3) is 0 Å². The summed E-state index contributed by atoms with van der Waals surface area (Å²) in [5.41, 5.74) is 2.00. The third-order valence-corrected chi connectivity index (χ3v) is 4.29. The van der Waals surface area contributed by atoms with E-state index < -0.39 is 0 Å². The molecule has 6 nitrogen and oxygen atoms in total. The van der Waals surface area contributed by atoms with E-state index in [2.05, 4.69) is 29.4 Å². The number of benzene rings is 1. The summed E-state index contributed by atoms with van der Waals surface area (Å²) < 4.78 is 6.92. The monoisotopic (exact) mass is 334 g/mol. The lowest BCUT2D eigenvalue weighted by molar-refractivity contribution is -0.113. The quantitative estimate of drug-likeness (QED) is 0.752. The predicted molar refractivity (Wildman–Crippen MR) is 91.8 cm³/mol. The summed E-state index contributed by atoms with van der Waals surface area (Å²) in [6.07, 6.45) is 1.65. The number of thioether (sulfide) groups is 1. The van der Waals surface area contributed by atoms with Crippen LogP contribution in [0.5, 0.6) is 0 Å². The van der Waals surface area contributed by atoms with Crippen molar-refractivity contribution in [1.29, 1.82) is 0 Å². The first kappa shape index (κ1) is 17.5. The number of aromatic nitrogens is 3. The highest BCUT2D eigenvalue weighted by Crippen LogP contribution is 2.24. The first-order chi connectivity index (χ1) is 11.1. The lowest BCUT2D eigenvalue weighted by Gasteiger charge is -2.13. The van der Waals surface area contributed by atoms with E-state index in [1.807, 2.05) is 28.8 Å². The summed E-state index contributed by atoms with van der Waals surface area (Å²) in [5.74, 6) is 0.596. The van der Waals surface area contributed by atoms with Crippen LogP contribution in [0, 0.1) is 0 Å². The maximum atomic E-state index is 12.2. The molecule has 2 rings (SSSR count). The number of hydrogen-bond donors (Lipinski definition) is 1. The van der Waals surface area contributed by atoms with Crippen LogP contribution in [0.3, 0.4) is 0 Å². The van der Waals surface area contributed by atoms with Crippen molar-refractivity contribution in [2.75, 3.05) is 24.8 Å². The van der Waals surface area contributed by atoms with Gasteiger partial charge < -0.3 is 14.6 Å². The first-order valence-electron chi connectivity index (χ1n) is 7.50. The minimum atomic E-state index is -0.0515. The maximum absolute atomic E-state index is 12.2. The molecule has 0 unspecified atom stereocenters. The Labute approximate surface area is 140 Å². The standard InChI is InChI=1S/C16H22N4O2S/c1-12(2)13-6-4-5-7-14(13)18-15(21)10-23-16-19-17-11-20(16)8-9-22-3/h4-7,11-12H,8-10H2,1-3H3,(H,18,21). The number of hydrogen-bond acceptors (Lipinski definition) is 5. The van der Waals surface area contributed by atoms with Crippen LogP contribution in [0.15, 0.2) is 35.7 Å². The van der Waals surface area contributed by atoms with Gasteiger partial charge in [-0.2, -0.15) is 0 Å². The Morgan fingerprint density at radius 1 is 1.39 bits per heavy atom. The van der Waals surface area contributed by atoms with Gasteiger partial charge in [0.05, 0.1) is 12.4 Å². The zero-order valence-electron chi connectivity index (χ0n) is 13.7. The van der Waals surface area contributed by atoms with Gasteiger partial charge in [-0.25, -0.2) is 0 Å². The fraction of sp³-hybridized carbons (Fsp3) is 0.438. The Balaban J connectivity index is 1.92. The lowest BCUT2D eigenvalue weighted by Crippen LogP contribution is -2.16. The number of anilines is 1. The van der Waals surface area contributed by atoms with E-state index in [9.17, 15) is 4.79 Å². The van der Waals surface area contributed by atoms with Crippen molar-refractivity contribution in [3.05, 3.63) is 36.2 Å². The van der Waals surface area contributed by atoms with Crippen LogP contribution in [0.4, 0.5) is 5.69 Å². The van der Waals surface area contributed by atoms with Crippen molar-refractivity contribution in [2.45, 2.75) is 31.5 Å². The molecule has 0 atom stereocenters. The minimum absolute atomic E-state index is 0.0515. The molecule has 0 aliphatic heterocycles. The SMILES string of the molecule is COCCn1cnnc1SCC(=O)Nc1ccccc1C(C)C. The third-order valence-electron chi connectivity index (χ3n) is 3.31. The first-order valence-corrected chi connectivity index (χ1v) is 8.48. The second-order valence-corrected chi connectivity index (χ2v) is 6.32. The summed E-state index contributed by atoms with van der Waals surface area (Å²) in [7, 11) is 1.65. The molecule has 1 amide bonds. The Kier molecular flexibility index (Phi) is 6.61. The molecule has 23 heavy (non-hydrogen) atoms. The van der Waals surface area contributed by atoms with Crippen molar-refractivity contribution in [1.82, 2.24) is 14.8 Å². The van der Waals surface area contributed by atoms with Crippen LogP contribution in [0.25, 0.3) is 0 Å². The normalized spacial score (nSPS) is 11.0. The molecule has 1 aromatic heterocycles. The molecule has 0 saturated heterocycles. The third kappa shape index (κ3) is 5.07. The van der Waals surface area contributed by atoms with Crippen molar-refractivity contribution in [3.8, 4) is 0 Å². The molecule has 7 heteroatoms. The average Bonchev–Trinajstić information content (AvgIpc) is 2.98. The van der Waals surface area contributed by atoms with Crippen LogP contribution < -0.4 is 5.32 Å². The van der Waals surface area contributed by atoms with Crippen LogP contribution in [0.1, 0.15) is 25.3 Å². The van der Waals surface area contributed by atoms with Crippen LogP contribution in [0.2, 0.25) is 0 Å². The Hall–Kier alpha value is -1.86. The number of ether oxygens (including phenoxy) is 1. The summed E-state index contributed by atoms with van der Waals surface area (Å²) in [5, 5.41) is 11.6. The van der Waals surface area contributed by atoms with E-state index in [1.165, 1.54) is 11.8 Å². The van der Waals surface area contributed by atoms with E-state index in [4.69, 9.17) is 4.74 Å². The number of amides is 1. The van der Waals surface area contributed by atoms with E-state index in [-0.39, 0.29) is 11.7 Å². The molecule has 1 N–H and O–H groups in total. The molecule has 0 fully saturated rings. The molecule has 0 spiro atoms. The van der Waals surface area contributed by atoms with Crippen LogP contribution >= 0.6 is 11.8 Å². The Morgan fingerprint density at radius 2 is 2.17 bits per heavy atom. The van der Waals surface area contributed by atoms with E-state index in [1.54, 1.807) is 13.4 Å². The number of rotatable bonds is 8. The Morgan fingerprint density at radius 3 is 2.91 bits per heavy atom. The fourth-order valence-electron chi connectivity index (χ4n) is 2.13. The molecular formula is C16H22N4O2S. The summed E-state index contributed by atoms with van der Waals surface area (Å²) >= 11 is 1.37. The highest BCUT2D eigenvalue weighted by atomic mass is 32.2. The van der Waals surface area contributed by atoms with Gasteiger partial charge in [0, 0.05) is 19.3 Å². The van der Waals surface area contributed by atoms with Crippen LogP contribution in [-0.2, 0) is 16.1 Å². The zero-order chi connectivity index (χ0) is 16.7. The smallest absolute Gasteiger partial charge is 0.234 e. The van der Waals surface area contributed by atoms with Gasteiger partial charge in [-0.3, -0.25) is 4.79 Å². The lowest BCUT2D eigenvalue weighted by atomic mass is 10.0. The highest BCUT2D eigenvalue weighted by Gasteiger charge is 2.11. The number of methoxy groups -OCH3 is 1. The molecule has 0 aliphatic carbocycles. The van der Waals surface area contributed by atoms with Crippen LogP contribution in [-0.4, -0.2) is 40.1 Å². The van der Waals surface area contributed by atoms with Gasteiger partial charge in [-0.15, -0.1) is 10.2 Å². The maximum Gasteiger partial charge on any atom is 0.234 e. The average molecular weight is 334 g/mol. The number of carbonyl (C=O) groups is 1. The second kappa shape index (κ2) is 8.69. The van der Waals surface area contributed by atoms with E-state index in [0.717, 1.165) is 11.3 Å². The van der Waals surface area contributed by atoms with Gasteiger partial charge in [0.2, 0.25) is 5.91 Å². The number of carbonyl (C=O) groups excluding carboxylic acids is 1. The largest absolute Gasteiger partial charge is 0.383 e. The molecule has 1 aromatic carbocycles. The molecule has 0 bridgehead atoms. The minimum Gasteiger partial charge on any atom is -0.383 e. The fourth-order valence-corrected chi connectivity index (χ4v) is 2.87. The van der Waals surface area contributed by atoms with Gasteiger partial charge >= 0.3 is 0 Å². The zero-order valence-corrected chi connectivity index (χ0v) is 14.5. The van der Waals surface area contributed by atoms with Crippen molar-refractivity contribution in [2.24, 2.45) is 0 Å². The van der Waals surface area contributed by atoms with Gasteiger partial charge in [0.1, 0.15) is 6.33 Å². The van der Waals surface area contributed by atoms with Crippen molar-refractivity contribution < 1.29 is 9.53 Å². The number of nitrogens with one attached hydrogen (secondary N) is 1. The summed E-state index contributed by atoms with van der Waals surface area (Å²) in [4.78, 5) is 12.2. The number of nitrogens with zero attached hydrogens (tertiary/aromatic N) is 3. The second-order valence-electron chi connectivity index (χ2n) is 5.38. The van der Waals surface area contributed by atoms with E-state index >= 15 is 0 Å². The molecule has 1 heterocycles. The topological polar surface area (TPSA) is 69.0 Å². The van der Waals surface area contributed by atoms with E-state index in [0.29, 0.717) is 24.2 Å². The van der Waals surface area contributed by atoms with Gasteiger partial charge in [0.15, 0.2) is 5.16 Å².